The van der Waals surface area contributed by atoms with Gasteiger partial charge in [-0.05, 0) is 24.1 Å². The largest absolute Gasteiger partial charge is 0.330 e. The summed E-state index contributed by atoms with van der Waals surface area (Å²) in [5.74, 6) is -0.0192. The predicted molar refractivity (Wildman–Crippen MR) is 64.0 cm³/mol. The fraction of sp³-hybridized carbons (Fsp3) is 0.250. The lowest BCUT2D eigenvalue weighted by Crippen LogP contribution is -2.14. The highest BCUT2D eigenvalue weighted by Gasteiger charge is 2.13. The minimum atomic E-state index is -0.201. The number of benzene rings is 1. The maximum Gasteiger partial charge on any atom is 0.123 e. The molecule has 0 aliphatic heterocycles. The minimum Gasteiger partial charge on any atom is -0.330 e. The number of hydrogen-bond donors (Lipinski definition) is 1. The lowest BCUT2D eigenvalue weighted by Gasteiger charge is -2.11. The van der Waals surface area contributed by atoms with Crippen LogP contribution in [0.4, 0.5) is 4.39 Å². The average Bonchev–Trinajstić information content (AvgIpc) is 2.79. The van der Waals surface area contributed by atoms with E-state index in [9.17, 15) is 4.39 Å². The molecule has 1 atom stereocenters. The van der Waals surface area contributed by atoms with Crippen molar-refractivity contribution in [3.05, 3.63) is 52.2 Å². The molecule has 1 heterocycles. The van der Waals surface area contributed by atoms with Gasteiger partial charge in [-0.25, -0.2) is 9.37 Å². The van der Waals surface area contributed by atoms with E-state index in [1.165, 1.54) is 6.07 Å². The molecule has 16 heavy (non-hydrogen) atoms. The Morgan fingerprint density at radius 2 is 2.31 bits per heavy atom. The molecule has 0 saturated carbocycles. The maximum absolute atomic E-state index is 13.0. The molecule has 4 heteroatoms. The van der Waals surface area contributed by atoms with E-state index in [0.717, 1.165) is 17.0 Å². The van der Waals surface area contributed by atoms with Gasteiger partial charge >= 0.3 is 0 Å². The number of halogens is 1. The lowest BCUT2D eigenvalue weighted by molar-refractivity contribution is 0.620. The van der Waals surface area contributed by atoms with E-state index in [0.29, 0.717) is 6.54 Å². The van der Waals surface area contributed by atoms with Crippen LogP contribution in [0, 0.1) is 5.82 Å². The number of nitrogens with two attached hydrogens (primary N) is 1. The van der Waals surface area contributed by atoms with Gasteiger partial charge in [0.15, 0.2) is 0 Å². The quantitative estimate of drug-likeness (QED) is 0.886. The van der Waals surface area contributed by atoms with Gasteiger partial charge < -0.3 is 5.73 Å². The molecule has 2 aromatic rings. The Hall–Kier alpha value is -1.26. The van der Waals surface area contributed by atoms with E-state index in [1.807, 2.05) is 11.4 Å². The molecule has 1 aromatic carbocycles. The third-order valence-corrected chi connectivity index (χ3v) is 3.39. The van der Waals surface area contributed by atoms with Gasteiger partial charge in [0, 0.05) is 24.0 Å². The molecule has 1 unspecified atom stereocenters. The van der Waals surface area contributed by atoms with Crippen molar-refractivity contribution in [1.29, 1.82) is 0 Å². The van der Waals surface area contributed by atoms with Crippen molar-refractivity contribution in [3.63, 3.8) is 0 Å². The lowest BCUT2D eigenvalue weighted by atomic mass is 10.00. The second kappa shape index (κ2) is 5.18. The monoisotopic (exact) mass is 236 g/mol. The van der Waals surface area contributed by atoms with Crippen molar-refractivity contribution >= 4 is 11.3 Å². The number of aromatic nitrogens is 1. The van der Waals surface area contributed by atoms with E-state index in [2.05, 4.69) is 4.98 Å². The molecule has 1 aromatic heterocycles. The first-order chi connectivity index (χ1) is 7.79. The smallest absolute Gasteiger partial charge is 0.123 e. The number of thiazole rings is 1. The SMILES string of the molecule is NCC(Cc1cccc(F)c1)c1nccs1. The molecule has 0 fully saturated rings. The molecule has 84 valence electrons. The van der Waals surface area contributed by atoms with Gasteiger partial charge in [-0.15, -0.1) is 11.3 Å². The van der Waals surface area contributed by atoms with Gasteiger partial charge in [0.2, 0.25) is 0 Å². The Kier molecular flexibility index (Phi) is 3.64. The van der Waals surface area contributed by atoms with Crippen LogP contribution in [0.5, 0.6) is 0 Å². The van der Waals surface area contributed by atoms with Gasteiger partial charge in [0.05, 0.1) is 5.01 Å². The number of nitrogens with zero attached hydrogens (tertiary/aromatic N) is 1. The first-order valence-electron chi connectivity index (χ1n) is 5.13. The third kappa shape index (κ3) is 2.65. The highest BCUT2D eigenvalue weighted by Crippen LogP contribution is 2.22. The minimum absolute atomic E-state index is 0.182. The summed E-state index contributed by atoms with van der Waals surface area (Å²) in [5.41, 5.74) is 6.69. The number of rotatable bonds is 4. The predicted octanol–water partition coefficient (Wildman–Crippen LogP) is 2.57. The zero-order chi connectivity index (χ0) is 11.4. The number of hydrogen-bond acceptors (Lipinski definition) is 3. The standard InChI is InChI=1S/C12H13FN2S/c13-11-3-1-2-9(7-11)6-10(8-14)12-15-4-5-16-12/h1-5,7,10H,6,8,14H2. The van der Waals surface area contributed by atoms with Crippen LogP contribution in [-0.4, -0.2) is 11.5 Å². The Bertz CT molecular complexity index is 442. The van der Waals surface area contributed by atoms with Crippen molar-refractivity contribution in [3.8, 4) is 0 Å². The van der Waals surface area contributed by atoms with Gasteiger partial charge in [0.25, 0.3) is 0 Å². The van der Waals surface area contributed by atoms with Crippen molar-refractivity contribution in [1.82, 2.24) is 4.98 Å². The first kappa shape index (κ1) is 11.2. The highest BCUT2D eigenvalue weighted by atomic mass is 32.1. The Morgan fingerprint density at radius 1 is 1.44 bits per heavy atom. The van der Waals surface area contributed by atoms with E-state index >= 15 is 0 Å². The maximum atomic E-state index is 13.0. The Morgan fingerprint density at radius 3 is 2.94 bits per heavy atom. The molecule has 2 nitrogen and oxygen atoms in total. The molecule has 0 bridgehead atoms. The van der Waals surface area contributed by atoms with Crippen LogP contribution in [0.25, 0.3) is 0 Å². The normalized spacial score (nSPS) is 12.6. The summed E-state index contributed by atoms with van der Waals surface area (Å²) in [5, 5.41) is 2.95. The summed E-state index contributed by atoms with van der Waals surface area (Å²) >= 11 is 1.59. The van der Waals surface area contributed by atoms with Crippen molar-refractivity contribution in [2.24, 2.45) is 5.73 Å². The summed E-state index contributed by atoms with van der Waals surface area (Å²) < 4.78 is 13.0. The molecular formula is C12H13FN2S. The molecule has 0 aliphatic carbocycles. The van der Waals surface area contributed by atoms with E-state index in [4.69, 9.17) is 5.73 Å². The zero-order valence-corrected chi connectivity index (χ0v) is 9.58. The topological polar surface area (TPSA) is 38.9 Å². The van der Waals surface area contributed by atoms with Gasteiger partial charge in [-0.2, -0.15) is 0 Å². The zero-order valence-electron chi connectivity index (χ0n) is 8.77. The van der Waals surface area contributed by atoms with Crippen molar-refractivity contribution in [2.75, 3.05) is 6.54 Å². The van der Waals surface area contributed by atoms with Gasteiger partial charge in [-0.1, -0.05) is 12.1 Å². The average molecular weight is 236 g/mol. The summed E-state index contributed by atoms with van der Waals surface area (Å²) in [7, 11) is 0. The van der Waals surface area contributed by atoms with E-state index < -0.39 is 0 Å². The highest BCUT2D eigenvalue weighted by molar-refractivity contribution is 7.09. The third-order valence-electron chi connectivity index (χ3n) is 2.46. The molecule has 0 saturated heterocycles. The van der Waals surface area contributed by atoms with Crippen LogP contribution in [0.1, 0.15) is 16.5 Å². The van der Waals surface area contributed by atoms with Crippen molar-refractivity contribution in [2.45, 2.75) is 12.3 Å². The fourth-order valence-corrected chi connectivity index (χ4v) is 2.41. The van der Waals surface area contributed by atoms with Crippen LogP contribution < -0.4 is 5.73 Å². The summed E-state index contributed by atoms with van der Waals surface area (Å²) in [6.07, 6.45) is 2.51. The second-order valence-electron chi connectivity index (χ2n) is 3.64. The van der Waals surface area contributed by atoms with Crippen LogP contribution in [0.2, 0.25) is 0 Å². The van der Waals surface area contributed by atoms with Gasteiger partial charge in [-0.3, -0.25) is 0 Å². The first-order valence-corrected chi connectivity index (χ1v) is 6.01. The summed E-state index contributed by atoms with van der Waals surface area (Å²) in [6.45, 7) is 0.532. The molecule has 2 N–H and O–H groups in total. The summed E-state index contributed by atoms with van der Waals surface area (Å²) in [4.78, 5) is 4.25. The molecule has 0 amide bonds. The van der Waals surface area contributed by atoms with Crippen LogP contribution in [0.15, 0.2) is 35.8 Å². The van der Waals surface area contributed by atoms with Crippen molar-refractivity contribution < 1.29 is 4.39 Å². The second-order valence-corrected chi connectivity index (χ2v) is 4.56. The summed E-state index contributed by atoms with van der Waals surface area (Å²) in [6, 6.07) is 6.64. The van der Waals surface area contributed by atoms with E-state index in [1.54, 1.807) is 29.7 Å². The van der Waals surface area contributed by atoms with Crippen LogP contribution in [-0.2, 0) is 6.42 Å². The van der Waals surface area contributed by atoms with Crippen LogP contribution >= 0.6 is 11.3 Å². The molecular weight excluding hydrogens is 223 g/mol. The molecule has 0 spiro atoms. The fourth-order valence-electron chi connectivity index (χ4n) is 1.66. The molecule has 2 rings (SSSR count). The molecule has 0 aliphatic rings. The Labute approximate surface area is 97.9 Å². The van der Waals surface area contributed by atoms with Crippen LogP contribution in [0.3, 0.4) is 0 Å². The van der Waals surface area contributed by atoms with E-state index in [-0.39, 0.29) is 11.7 Å². The molecule has 0 radical (unpaired) electrons. The Balaban J connectivity index is 2.13. The van der Waals surface area contributed by atoms with Gasteiger partial charge in [0.1, 0.15) is 5.82 Å².